The maximum absolute atomic E-state index is 13.9. The van der Waals surface area contributed by atoms with Crippen molar-refractivity contribution < 1.29 is 4.39 Å². The zero-order chi connectivity index (χ0) is 15.2. The van der Waals surface area contributed by atoms with Gasteiger partial charge < -0.3 is 5.32 Å². The Morgan fingerprint density at radius 2 is 1.81 bits per heavy atom. The molecule has 3 heteroatoms. The second kappa shape index (κ2) is 7.01. The predicted molar refractivity (Wildman–Crippen MR) is 82.2 cm³/mol. The van der Waals surface area contributed by atoms with Gasteiger partial charge >= 0.3 is 0 Å². The van der Waals surface area contributed by atoms with Gasteiger partial charge in [0.15, 0.2) is 0 Å². The summed E-state index contributed by atoms with van der Waals surface area (Å²) in [5.74, 6) is 0.0949. The smallest absolute Gasteiger partial charge is 0.145 e. The van der Waals surface area contributed by atoms with Gasteiger partial charge in [0.2, 0.25) is 0 Å². The number of benzene rings is 2. The fourth-order valence-electron chi connectivity index (χ4n) is 2.16. The van der Waals surface area contributed by atoms with Crippen LogP contribution >= 0.6 is 0 Å². The zero-order valence-electron chi connectivity index (χ0n) is 12.4. The summed E-state index contributed by atoms with van der Waals surface area (Å²) in [6.45, 7) is 5.41. The summed E-state index contributed by atoms with van der Waals surface area (Å²) >= 11 is 0. The maximum atomic E-state index is 13.9. The second-order valence-electron chi connectivity index (χ2n) is 5.39. The number of rotatable bonds is 5. The van der Waals surface area contributed by atoms with Crippen LogP contribution in [0.5, 0.6) is 0 Å². The van der Waals surface area contributed by atoms with E-state index in [1.807, 2.05) is 6.07 Å². The molecule has 2 nitrogen and oxygen atoms in total. The summed E-state index contributed by atoms with van der Waals surface area (Å²) in [5.41, 5.74) is 3.09. The highest BCUT2D eigenvalue weighted by atomic mass is 19.1. The summed E-state index contributed by atoms with van der Waals surface area (Å²) in [6.07, 6.45) is 0. The number of hydrogen-bond donors (Lipinski definition) is 1. The average Bonchev–Trinajstić information content (AvgIpc) is 2.49. The SMILES string of the molecule is CC(C)c1ccc(CNCc2cccc(C#N)c2F)cc1. The molecule has 0 bridgehead atoms. The van der Waals surface area contributed by atoms with Gasteiger partial charge in [0.1, 0.15) is 11.9 Å². The lowest BCUT2D eigenvalue weighted by Crippen LogP contribution is -2.14. The van der Waals surface area contributed by atoms with Crippen molar-refractivity contribution in [3.8, 4) is 6.07 Å². The van der Waals surface area contributed by atoms with Crippen molar-refractivity contribution in [2.45, 2.75) is 32.9 Å². The van der Waals surface area contributed by atoms with Crippen molar-refractivity contribution in [1.82, 2.24) is 5.32 Å². The maximum Gasteiger partial charge on any atom is 0.145 e. The van der Waals surface area contributed by atoms with Crippen LogP contribution < -0.4 is 5.32 Å². The first-order chi connectivity index (χ1) is 10.1. The van der Waals surface area contributed by atoms with Crippen molar-refractivity contribution in [3.05, 3.63) is 70.5 Å². The third-order valence-electron chi connectivity index (χ3n) is 3.49. The lowest BCUT2D eigenvalue weighted by atomic mass is 10.0. The first-order valence-electron chi connectivity index (χ1n) is 7.09. The van der Waals surface area contributed by atoms with Gasteiger partial charge in [-0.05, 0) is 23.1 Å². The zero-order valence-corrected chi connectivity index (χ0v) is 12.4. The van der Waals surface area contributed by atoms with Gasteiger partial charge in [0.05, 0.1) is 5.56 Å². The summed E-state index contributed by atoms with van der Waals surface area (Å²) in [4.78, 5) is 0. The Morgan fingerprint density at radius 1 is 1.10 bits per heavy atom. The molecule has 0 amide bonds. The van der Waals surface area contributed by atoms with Crippen LogP contribution in [-0.4, -0.2) is 0 Å². The molecule has 0 spiro atoms. The van der Waals surface area contributed by atoms with Crippen LogP contribution in [0.2, 0.25) is 0 Å². The van der Waals surface area contributed by atoms with E-state index in [4.69, 9.17) is 5.26 Å². The van der Waals surface area contributed by atoms with Gasteiger partial charge in [-0.25, -0.2) is 4.39 Å². The molecule has 0 aliphatic heterocycles. The predicted octanol–water partition coefficient (Wildman–Crippen LogP) is 4.11. The minimum Gasteiger partial charge on any atom is -0.309 e. The molecule has 108 valence electrons. The average molecular weight is 282 g/mol. The second-order valence-corrected chi connectivity index (χ2v) is 5.39. The topological polar surface area (TPSA) is 35.8 Å². The molecule has 0 aliphatic carbocycles. The third-order valence-corrected chi connectivity index (χ3v) is 3.49. The molecule has 2 aromatic rings. The molecule has 2 aromatic carbocycles. The van der Waals surface area contributed by atoms with E-state index in [-0.39, 0.29) is 5.56 Å². The molecule has 0 radical (unpaired) electrons. The number of nitrogens with one attached hydrogen (secondary N) is 1. The Kier molecular flexibility index (Phi) is 5.08. The largest absolute Gasteiger partial charge is 0.309 e. The molecule has 0 fully saturated rings. The normalized spacial score (nSPS) is 10.6. The highest BCUT2D eigenvalue weighted by Gasteiger charge is 2.06. The van der Waals surface area contributed by atoms with E-state index in [0.29, 0.717) is 24.6 Å². The molecule has 0 saturated carbocycles. The van der Waals surface area contributed by atoms with Crippen LogP contribution in [0, 0.1) is 17.1 Å². The van der Waals surface area contributed by atoms with E-state index in [0.717, 1.165) is 5.56 Å². The van der Waals surface area contributed by atoms with Gasteiger partial charge in [-0.3, -0.25) is 0 Å². The van der Waals surface area contributed by atoms with E-state index in [1.54, 1.807) is 12.1 Å². The highest BCUT2D eigenvalue weighted by molar-refractivity contribution is 5.35. The molecule has 0 aromatic heterocycles. The fraction of sp³-hybridized carbons (Fsp3) is 0.278. The lowest BCUT2D eigenvalue weighted by molar-refractivity contribution is 0.585. The van der Waals surface area contributed by atoms with Crippen molar-refractivity contribution in [2.24, 2.45) is 0 Å². The molecular formula is C18H19FN2. The molecule has 0 unspecified atom stereocenters. The molecule has 0 saturated heterocycles. The van der Waals surface area contributed by atoms with Crippen LogP contribution in [-0.2, 0) is 13.1 Å². The summed E-state index contributed by atoms with van der Waals surface area (Å²) in [7, 11) is 0. The van der Waals surface area contributed by atoms with Crippen molar-refractivity contribution in [3.63, 3.8) is 0 Å². The van der Waals surface area contributed by atoms with Crippen LogP contribution in [0.3, 0.4) is 0 Å². The number of hydrogen-bond acceptors (Lipinski definition) is 2. The first kappa shape index (κ1) is 15.2. The molecule has 1 N–H and O–H groups in total. The minimum atomic E-state index is -0.428. The molecule has 0 heterocycles. The summed E-state index contributed by atoms with van der Waals surface area (Å²) in [5, 5.41) is 12.0. The standard InChI is InChI=1S/C18H19FN2/c1-13(2)15-8-6-14(7-9-15)11-21-12-17-5-3-4-16(10-20)18(17)19/h3-9,13,21H,11-12H2,1-2H3. The van der Waals surface area contributed by atoms with Crippen molar-refractivity contribution in [2.75, 3.05) is 0 Å². The van der Waals surface area contributed by atoms with Gasteiger partial charge in [-0.1, -0.05) is 50.2 Å². The Morgan fingerprint density at radius 3 is 2.43 bits per heavy atom. The van der Waals surface area contributed by atoms with E-state index < -0.39 is 5.82 Å². The van der Waals surface area contributed by atoms with Crippen molar-refractivity contribution in [1.29, 1.82) is 5.26 Å². The number of nitrogens with zero attached hydrogens (tertiary/aromatic N) is 1. The lowest BCUT2D eigenvalue weighted by Gasteiger charge is -2.09. The van der Waals surface area contributed by atoms with E-state index in [9.17, 15) is 4.39 Å². The first-order valence-corrected chi connectivity index (χ1v) is 7.09. The number of nitriles is 1. The Labute approximate surface area is 125 Å². The summed E-state index contributed by atoms with van der Waals surface area (Å²) in [6, 6.07) is 15.2. The van der Waals surface area contributed by atoms with Gasteiger partial charge in [-0.2, -0.15) is 5.26 Å². The molecule has 0 atom stereocenters. The number of halogens is 1. The third kappa shape index (κ3) is 3.90. The van der Waals surface area contributed by atoms with Gasteiger partial charge in [0, 0.05) is 18.7 Å². The summed E-state index contributed by atoms with van der Waals surface area (Å²) < 4.78 is 13.9. The Bertz CT molecular complexity index is 639. The van der Waals surface area contributed by atoms with Gasteiger partial charge in [0.25, 0.3) is 0 Å². The molecule has 2 rings (SSSR count). The van der Waals surface area contributed by atoms with Crippen LogP contribution in [0.15, 0.2) is 42.5 Å². The van der Waals surface area contributed by atoms with Gasteiger partial charge in [-0.15, -0.1) is 0 Å². The molecule has 0 aliphatic rings. The van der Waals surface area contributed by atoms with E-state index in [2.05, 4.69) is 43.4 Å². The van der Waals surface area contributed by atoms with Crippen LogP contribution in [0.4, 0.5) is 4.39 Å². The van der Waals surface area contributed by atoms with Crippen molar-refractivity contribution >= 4 is 0 Å². The molecular weight excluding hydrogens is 263 g/mol. The fourth-order valence-corrected chi connectivity index (χ4v) is 2.16. The molecule has 21 heavy (non-hydrogen) atoms. The Balaban J connectivity index is 1.94. The monoisotopic (exact) mass is 282 g/mol. The Hall–Kier alpha value is -2.18. The quantitative estimate of drug-likeness (QED) is 0.895. The van der Waals surface area contributed by atoms with E-state index in [1.165, 1.54) is 11.6 Å². The van der Waals surface area contributed by atoms with E-state index >= 15 is 0 Å². The minimum absolute atomic E-state index is 0.0931. The van der Waals surface area contributed by atoms with Crippen LogP contribution in [0.1, 0.15) is 42.0 Å². The van der Waals surface area contributed by atoms with Crippen LogP contribution in [0.25, 0.3) is 0 Å². The highest BCUT2D eigenvalue weighted by Crippen LogP contribution is 2.15.